The van der Waals surface area contributed by atoms with E-state index >= 15 is 0 Å². The molecule has 3 fully saturated rings. The van der Waals surface area contributed by atoms with Crippen LogP contribution in [-0.2, 0) is 4.74 Å². The number of nitrogens with one attached hydrogen (secondary N) is 1. The molecule has 0 aromatic rings. The maximum Gasteiger partial charge on any atom is 0.0708 e. The highest BCUT2D eigenvalue weighted by Gasteiger charge is 2.42. The zero-order valence-electron chi connectivity index (χ0n) is 8.80. The molecule has 3 rings (SSSR count). The summed E-state index contributed by atoms with van der Waals surface area (Å²) in [6.07, 6.45) is 4.52. The van der Waals surface area contributed by atoms with Gasteiger partial charge in [-0.2, -0.15) is 0 Å². The smallest absolute Gasteiger partial charge is 0.0708 e. The summed E-state index contributed by atoms with van der Waals surface area (Å²) in [6, 6.07) is 0. The summed E-state index contributed by atoms with van der Waals surface area (Å²) in [5.74, 6) is 0. The Balaban J connectivity index is 1.53. The van der Waals surface area contributed by atoms with Crippen LogP contribution in [0.25, 0.3) is 0 Å². The molecule has 80 valence electrons. The van der Waals surface area contributed by atoms with Crippen LogP contribution in [0, 0.1) is 5.41 Å². The predicted octanol–water partition coefficient (Wildman–Crippen LogP) is 0.461. The van der Waals surface area contributed by atoms with Crippen molar-refractivity contribution in [2.45, 2.75) is 25.4 Å². The van der Waals surface area contributed by atoms with Crippen LogP contribution < -0.4 is 5.32 Å². The van der Waals surface area contributed by atoms with Gasteiger partial charge in [-0.1, -0.05) is 0 Å². The fourth-order valence-corrected chi connectivity index (χ4v) is 2.96. The quantitative estimate of drug-likeness (QED) is 0.694. The summed E-state index contributed by atoms with van der Waals surface area (Å²) in [5, 5.41) is 3.46. The third-order valence-electron chi connectivity index (χ3n) is 4.03. The molecule has 0 amide bonds. The highest BCUT2D eigenvalue weighted by atomic mass is 16.5. The van der Waals surface area contributed by atoms with Gasteiger partial charge in [-0.3, -0.25) is 0 Å². The average molecular weight is 196 g/mol. The SMILES string of the molecule is C1CN(CC2CC3(CCNC3)CO2)C1. The van der Waals surface area contributed by atoms with Crippen molar-refractivity contribution in [3.05, 3.63) is 0 Å². The lowest BCUT2D eigenvalue weighted by atomic mass is 9.84. The molecule has 14 heavy (non-hydrogen) atoms. The zero-order chi connectivity index (χ0) is 9.43. The molecular weight excluding hydrogens is 176 g/mol. The van der Waals surface area contributed by atoms with Crippen molar-refractivity contribution in [3.63, 3.8) is 0 Å². The molecule has 0 aromatic heterocycles. The van der Waals surface area contributed by atoms with E-state index in [0.29, 0.717) is 11.5 Å². The van der Waals surface area contributed by atoms with Crippen LogP contribution >= 0.6 is 0 Å². The largest absolute Gasteiger partial charge is 0.376 e. The number of rotatable bonds is 2. The summed E-state index contributed by atoms with van der Waals surface area (Å²) in [7, 11) is 0. The lowest BCUT2D eigenvalue weighted by Crippen LogP contribution is -2.42. The van der Waals surface area contributed by atoms with Crippen LogP contribution in [0.3, 0.4) is 0 Å². The minimum absolute atomic E-state index is 0.509. The van der Waals surface area contributed by atoms with Crippen LogP contribution in [0.15, 0.2) is 0 Å². The van der Waals surface area contributed by atoms with Gasteiger partial charge in [0.05, 0.1) is 12.7 Å². The Morgan fingerprint density at radius 1 is 1.43 bits per heavy atom. The molecule has 3 nitrogen and oxygen atoms in total. The Morgan fingerprint density at radius 3 is 3.00 bits per heavy atom. The van der Waals surface area contributed by atoms with E-state index in [1.165, 1.54) is 52.0 Å². The van der Waals surface area contributed by atoms with E-state index in [-0.39, 0.29) is 0 Å². The molecule has 0 saturated carbocycles. The minimum Gasteiger partial charge on any atom is -0.376 e. The van der Waals surface area contributed by atoms with E-state index in [1.54, 1.807) is 0 Å². The highest BCUT2D eigenvalue weighted by molar-refractivity contribution is 4.95. The first-order valence-corrected chi connectivity index (χ1v) is 5.91. The van der Waals surface area contributed by atoms with E-state index in [1.807, 2.05) is 0 Å². The normalized spacial score (nSPS) is 43.3. The van der Waals surface area contributed by atoms with Crippen molar-refractivity contribution in [2.24, 2.45) is 5.41 Å². The lowest BCUT2D eigenvalue weighted by molar-refractivity contribution is 0.0475. The molecule has 3 aliphatic rings. The second-order valence-electron chi connectivity index (χ2n) is 5.22. The summed E-state index contributed by atoms with van der Waals surface area (Å²) in [6.45, 7) is 7.15. The molecule has 3 aliphatic heterocycles. The first kappa shape index (κ1) is 9.13. The fourth-order valence-electron chi connectivity index (χ4n) is 2.96. The highest BCUT2D eigenvalue weighted by Crippen LogP contribution is 2.38. The topological polar surface area (TPSA) is 24.5 Å². The molecule has 0 aliphatic carbocycles. The maximum atomic E-state index is 5.92. The van der Waals surface area contributed by atoms with E-state index in [4.69, 9.17) is 4.74 Å². The Bertz CT molecular complexity index is 209. The van der Waals surface area contributed by atoms with Crippen molar-refractivity contribution >= 4 is 0 Å². The first-order chi connectivity index (χ1) is 6.86. The molecule has 0 bridgehead atoms. The van der Waals surface area contributed by atoms with Crippen LogP contribution in [0.5, 0.6) is 0 Å². The van der Waals surface area contributed by atoms with E-state index < -0.39 is 0 Å². The van der Waals surface area contributed by atoms with Crippen LogP contribution in [-0.4, -0.2) is 50.3 Å². The van der Waals surface area contributed by atoms with E-state index in [2.05, 4.69) is 10.2 Å². The van der Waals surface area contributed by atoms with Gasteiger partial charge in [0, 0.05) is 18.5 Å². The Hall–Kier alpha value is -0.120. The molecule has 0 radical (unpaired) electrons. The standard InChI is InChI=1S/C11H20N2O/c1-4-13(5-1)7-10-6-11(9-14-10)2-3-12-8-11/h10,12H,1-9H2. The Kier molecular flexibility index (Phi) is 2.26. The second-order valence-corrected chi connectivity index (χ2v) is 5.22. The van der Waals surface area contributed by atoms with E-state index in [9.17, 15) is 0 Å². The third-order valence-corrected chi connectivity index (χ3v) is 4.03. The van der Waals surface area contributed by atoms with Gasteiger partial charge in [0.1, 0.15) is 0 Å². The van der Waals surface area contributed by atoms with Gasteiger partial charge in [-0.25, -0.2) is 0 Å². The third kappa shape index (κ3) is 1.58. The molecule has 3 heteroatoms. The monoisotopic (exact) mass is 196 g/mol. The van der Waals surface area contributed by atoms with Crippen LogP contribution in [0.4, 0.5) is 0 Å². The lowest BCUT2D eigenvalue weighted by Gasteiger charge is -2.32. The molecule has 1 N–H and O–H groups in total. The molecule has 0 aromatic carbocycles. The molecule has 3 saturated heterocycles. The number of ether oxygens (including phenoxy) is 1. The first-order valence-electron chi connectivity index (χ1n) is 5.91. The summed E-state index contributed by atoms with van der Waals surface area (Å²) in [5.41, 5.74) is 0.509. The van der Waals surface area contributed by atoms with Gasteiger partial charge in [0.15, 0.2) is 0 Å². The van der Waals surface area contributed by atoms with E-state index in [0.717, 1.165) is 6.61 Å². The van der Waals surface area contributed by atoms with Crippen molar-refractivity contribution in [1.82, 2.24) is 10.2 Å². The Labute approximate surface area is 85.8 Å². The van der Waals surface area contributed by atoms with Crippen molar-refractivity contribution in [3.8, 4) is 0 Å². The van der Waals surface area contributed by atoms with Crippen molar-refractivity contribution < 1.29 is 4.74 Å². The molecule has 3 heterocycles. The minimum atomic E-state index is 0.509. The van der Waals surface area contributed by atoms with Gasteiger partial charge in [-0.05, 0) is 38.9 Å². The van der Waals surface area contributed by atoms with Gasteiger partial charge < -0.3 is 15.0 Å². The van der Waals surface area contributed by atoms with Gasteiger partial charge in [-0.15, -0.1) is 0 Å². The molecular formula is C11H20N2O. The van der Waals surface area contributed by atoms with Gasteiger partial charge in [0.25, 0.3) is 0 Å². The fraction of sp³-hybridized carbons (Fsp3) is 1.00. The van der Waals surface area contributed by atoms with Crippen LogP contribution in [0.1, 0.15) is 19.3 Å². The zero-order valence-corrected chi connectivity index (χ0v) is 8.80. The number of hydrogen-bond donors (Lipinski definition) is 1. The Morgan fingerprint density at radius 2 is 2.36 bits per heavy atom. The number of nitrogens with zero attached hydrogens (tertiary/aromatic N) is 1. The molecule has 1 spiro atoms. The molecule has 2 atom stereocenters. The summed E-state index contributed by atoms with van der Waals surface area (Å²) >= 11 is 0. The second kappa shape index (κ2) is 3.47. The van der Waals surface area contributed by atoms with Crippen molar-refractivity contribution in [2.75, 3.05) is 39.3 Å². The van der Waals surface area contributed by atoms with Crippen LogP contribution in [0.2, 0.25) is 0 Å². The summed E-state index contributed by atoms with van der Waals surface area (Å²) in [4.78, 5) is 2.52. The number of likely N-dealkylation sites (tertiary alicyclic amines) is 1. The van der Waals surface area contributed by atoms with Gasteiger partial charge in [0.2, 0.25) is 0 Å². The molecule has 2 unspecified atom stereocenters. The number of hydrogen-bond acceptors (Lipinski definition) is 3. The predicted molar refractivity (Wildman–Crippen MR) is 55.3 cm³/mol. The average Bonchev–Trinajstić information content (AvgIpc) is 2.71. The van der Waals surface area contributed by atoms with Gasteiger partial charge >= 0.3 is 0 Å². The van der Waals surface area contributed by atoms with Crippen molar-refractivity contribution in [1.29, 1.82) is 0 Å². The maximum absolute atomic E-state index is 5.92. The summed E-state index contributed by atoms with van der Waals surface area (Å²) < 4.78 is 5.92.